The van der Waals surface area contributed by atoms with Crippen LogP contribution in [0.5, 0.6) is 0 Å². The third-order valence-electron chi connectivity index (χ3n) is 2.86. The van der Waals surface area contributed by atoms with Crippen LogP contribution in [0.4, 0.5) is 0 Å². The fourth-order valence-electron chi connectivity index (χ4n) is 2.08. The lowest BCUT2D eigenvalue weighted by Crippen LogP contribution is -2.37. The van der Waals surface area contributed by atoms with E-state index in [4.69, 9.17) is 4.74 Å². The molecule has 2 atom stereocenters. The summed E-state index contributed by atoms with van der Waals surface area (Å²) < 4.78 is 5.41. The number of nitrogens with one attached hydrogen (secondary N) is 2. The van der Waals surface area contributed by atoms with E-state index in [1.54, 1.807) is 0 Å². The second-order valence-corrected chi connectivity index (χ2v) is 4.10. The number of hydrogen-bond donors (Lipinski definition) is 2. The lowest BCUT2D eigenvalue weighted by molar-refractivity contribution is -0.123. The van der Waals surface area contributed by atoms with E-state index >= 15 is 0 Å². The molecule has 2 aliphatic rings. The van der Waals surface area contributed by atoms with E-state index in [1.165, 1.54) is 0 Å². The molecule has 0 radical (unpaired) electrons. The van der Waals surface area contributed by atoms with E-state index in [2.05, 4.69) is 10.6 Å². The van der Waals surface area contributed by atoms with Gasteiger partial charge in [0.25, 0.3) is 0 Å². The summed E-state index contributed by atoms with van der Waals surface area (Å²) in [6, 6.07) is 0.337. The van der Waals surface area contributed by atoms with Gasteiger partial charge >= 0.3 is 0 Å². The molecule has 0 aromatic heterocycles. The molecule has 0 spiro atoms. The van der Waals surface area contributed by atoms with Crippen LogP contribution in [-0.2, 0) is 9.53 Å². The number of rotatable bonds is 3. The van der Waals surface area contributed by atoms with E-state index in [0.29, 0.717) is 12.5 Å². The fourth-order valence-corrected chi connectivity index (χ4v) is 2.08. The molecule has 0 aliphatic carbocycles. The molecule has 0 bridgehead atoms. The van der Waals surface area contributed by atoms with Gasteiger partial charge in [-0.05, 0) is 25.8 Å². The Morgan fingerprint density at radius 2 is 2.43 bits per heavy atom. The summed E-state index contributed by atoms with van der Waals surface area (Å²) in [5.74, 6) is 0.144. The topological polar surface area (TPSA) is 50.4 Å². The molecule has 2 N–H and O–H groups in total. The normalized spacial score (nSPS) is 32.0. The van der Waals surface area contributed by atoms with Crippen LogP contribution < -0.4 is 10.6 Å². The summed E-state index contributed by atoms with van der Waals surface area (Å²) in [5.41, 5.74) is 0. The average Bonchev–Trinajstić information content (AvgIpc) is 2.76. The van der Waals surface area contributed by atoms with Gasteiger partial charge in [0, 0.05) is 19.2 Å². The molecule has 0 saturated carbocycles. The standard InChI is InChI=1S/C10H18N2O2/c13-10(6-9-2-1-5-14-9)12-8-3-4-11-7-8/h8-9,11H,1-7H2,(H,12,13)/t8-,9?/m0/s1. The van der Waals surface area contributed by atoms with Crippen molar-refractivity contribution in [1.29, 1.82) is 0 Å². The molecule has 1 amide bonds. The molecule has 80 valence electrons. The highest BCUT2D eigenvalue weighted by molar-refractivity contribution is 5.76. The van der Waals surface area contributed by atoms with Crippen LogP contribution in [0.2, 0.25) is 0 Å². The van der Waals surface area contributed by atoms with Gasteiger partial charge in [0.15, 0.2) is 0 Å². The molecule has 2 rings (SSSR count). The van der Waals surface area contributed by atoms with Crippen molar-refractivity contribution >= 4 is 5.91 Å². The number of carbonyl (C=O) groups excluding carboxylic acids is 1. The maximum absolute atomic E-state index is 11.5. The zero-order valence-corrected chi connectivity index (χ0v) is 8.42. The van der Waals surface area contributed by atoms with Gasteiger partial charge in [0.05, 0.1) is 12.5 Å². The Balaban J connectivity index is 1.66. The van der Waals surface area contributed by atoms with Crippen molar-refractivity contribution in [3.8, 4) is 0 Å². The van der Waals surface area contributed by atoms with Crippen LogP contribution >= 0.6 is 0 Å². The minimum absolute atomic E-state index is 0.144. The van der Waals surface area contributed by atoms with Gasteiger partial charge in [-0.25, -0.2) is 0 Å². The first-order chi connectivity index (χ1) is 6.84. The largest absolute Gasteiger partial charge is 0.378 e. The predicted molar refractivity (Wildman–Crippen MR) is 53.0 cm³/mol. The summed E-state index contributed by atoms with van der Waals surface area (Å²) in [7, 11) is 0. The van der Waals surface area contributed by atoms with Crippen LogP contribution in [-0.4, -0.2) is 37.7 Å². The van der Waals surface area contributed by atoms with E-state index in [-0.39, 0.29) is 12.0 Å². The van der Waals surface area contributed by atoms with Gasteiger partial charge in [0.2, 0.25) is 5.91 Å². The van der Waals surface area contributed by atoms with Gasteiger partial charge in [0.1, 0.15) is 0 Å². The Labute approximate surface area is 84.4 Å². The molecular formula is C10H18N2O2. The van der Waals surface area contributed by atoms with Crippen LogP contribution in [0.15, 0.2) is 0 Å². The molecule has 4 heteroatoms. The molecule has 1 unspecified atom stereocenters. The second-order valence-electron chi connectivity index (χ2n) is 4.10. The zero-order chi connectivity index (χ0) is 9.80. The van der Waals surface area contributed by atoms with Crippen molar-refractivity contribution in [1.82, 2.24) is 10.6 Å². The third-order valence-corrected chi connectivity index (χ3v) is 2.86. The van der Waals surface area contributed by atoms with Crippen molar-refractivity contribution in [3.05, 3.63) is 0 Å². The summed E-state index contributed by atoms with van der Waals surface area (Å²) in [6.45, 7) is 2.76. The Bertz CT molecular complexity index is 176. The van der Waals surface area contributed by atoms with E-state index in [1.807, 2.05) is 0 Å². The summed E-state index contributed by atoms with van der Waals surface area (Å²) in [4.78, 5) is 11.5. The number of ether oxygens (including phenoxy) is 1. The highest BCUT2D eigenvalue weighted by Gasteiger charge is 2.21. The highest BCUT2D eigenvalue weighted by atomic mass is 16.5. The number of amides is 1. The van der Waals surface area contributed by atoms with E-state index in [9.17, 15) is 4.79 Å². The zero-order valence-electron chi connectivity index (χ0n) is 8.42. The van der Waals surface area contributed by atoms with Crippen LogP contribution in [0.25, 0.3) is 0 Å². The third kappa shape index (κ3) is 2.69. The quantitative estimate of drug-likeness (QED) is 0.673. The SMILES string of the molecule is O=C(CC1CCCO1)N[C@H]1CCNC1. The lowest BCUT2D eigenvalue weighted by Gasteiger charge is -2.13. The minimum atomic E-state index is 0.144. The maximum Gasteiger partial charge on any atom is 0.222 e. The summed E-state index contributed by atoms with van der Waals surface area (Å²) in [5, 5.41) is 6.25. The lowest BCUT2D eigenvalue weighted by atomic mass is 10.1. The first kappa shape index (κ1) is 9.93. The van der Waals surface area contributed by atoms with Crippen molar-refractivity contribution in [2.24, 2.45) is 0 Å². The predicted octanol–water partition coefficient (Wildman–Crippen LogP) is 0.0336. The average molecular weight is 198 g/mol. The van der Waals surface area contributed by atoms with Crippen molar-refractivity contribution in [2.75, 3.05) is 19.7 Å². The fraction of sp³-hybridized carbons (Fsp3) is 0.900. The van der Waals surface area contributed by atoms with Gasteiger partial charge in [-0.1, -0.05) is 0 Å². The Kier molecular flexibility index (Phi) is 3.37. The van der Waals surface area contributed by atoms with Crippen LogP contribution in [0.1, 0.15) is 25.7 Å². The molecule has 4 nitrogen and oxygen atoms in total. The summed E-state index contributed by atoms with van der Waals surface area (Å²) >= 11 is 0. The Morgan fingerprint density at radius 1 is 1.50 bits per heavy atom. The smallest absolute Gasteiger partial charge is 0.222 e. The monoisotopic (exact) mass is 198 g/mol. The highest BCUT2D eigenvalue weighted by Crippen LogP contribution is 2.15. The van der Waals surface area contributed by atoms with Crippen molar-refractivity contribution in [3.63, 3.8) is 0 Å². The molecule has 0 aromatic carbocycles. The molecule has 2 heterocycles. The number of hydrogen-bond acceptors (Lipinski definition) is 3. The molecule has 14 heavy (non-hydrogen) atoms. The van der Waals surface area contributed by atoms with Crippen molar-refractivity contribution in [2.45, 2.75) is 37.8 Å². The molecule has 2 saturated heterocycles. The number of carbonyl (C=O) groups is 1. The molecule has 0 aromatic rings. The van der Waals surface area contributed by atoms with Crippen LogP contribution in [0, 0.1) is 0 Å². The van der Waals surface area contributed by atoms with E-state index in [0.717, 1.165) is 39.0 Å². The molecule has 2 aliphatic heterocycles. The molecule has 2 fully saturated rings. The van der Waals surface area contributed by atoms with Gasteiger partial charge in [-0.2, -0.15) is 0 Å². The molecular weight excluding hydrogens is 180 g/mol. The van der Waals surface area contributed by atoms with Crippen molar-refractivity contribution < 1.29 is 9.53 Å². The Morgan fingerprint density at radius 3 is 3.07 bits per heavy atom. The van der Waals surface area contributed by atoms with Gasteiger partial charge < -0.3 is 15.4 Å². The van der Waals surface area contributed by atoms with Gasteiger partial charge in [-0.15, -0.1) is 0 Å². The first-order valence-electron chi connectivity index (χ1n) is 5.46. The van der Waals surface area contributed by atoms with Gasteiger partial charge in [-0.3, -0.25) is 4.79 Å². The Hall–Kier alpha value is -0.610. The first-order valence-corrected chi connectivity index (χ1v) is 5.46. The maximum atomic E-state index is 11.5. The minimum Gasteiger partial charge on any atom is -0.378 e. The van der Waals surface area contributed by atoms with E-state index < -0.39 is 0 Å². The van der Waals surface area contributed by atoms with Crippen LogP contribution in [0.3, 0.4) is 0 Å². The second kappa shape index (κ2) is 4.75. The summed E-state index contributed by atoms with van der Waals surface area (Å²) in [6.07, 6.45) is 3.90.